The van der Waals surface area contributed by atoms with E-state index in [1.54, 1.807) is 13.2 Å². The molecule has 1 heterocycles. The smallest absolute Gasteiger partial charge is 0.263 e. The summed E-state index contributed by atoms with van der Waals surface area (Å²) in [6.07, 6.45) is 0. The van der Waals surface area contributed by atoms with Crippen LogP contribution in [-0.4, -0.2) is 34.7 Å². The third-order valence-corrected chi connectivity index (χ3v) is 5.89. The number of hydrogen-bond acceptors (Lipinski definition) is 7. The number of hydrogen-bond donors (Lipinski definition) is 1. The molecular weight excluding hydrogens is 364 g/mol. The fourth-order valence-corrected chi connectivity index (χ4v) is 4.42. The Bertz CT molecular complexity index is 1010. The number of nitrogens with zero attached hydrogens (tertiary/aromatic N) is 1. The third kappa shape index (κ3) is 3.33. The monoisotopic (exact) mass is 380 g/mol. The summed E-state index contributed by atoms with van der Waals surface area (Å²) < 4.78 is 44.1. The van der Waals surface area contributed by atoms with Crippen molar-refractivity contribution in [3.8, 4) is 17.2 Å². The third-order valence-electron chi connectivity index (χ3n) is 3.49. The van der Waals surface area contributed by atoms with Gasteiger partial charge in [-0.1, -0.05) is 17.4 Å². The van der Waals surface area contributed by atoms with Crippen molar-refractivity contribution in [2.75, 3.05) is 26.1 Å². The number of fused-ring (bicyclic) bond motifs is 1. The van der Waals surface area contributed by atoms with E-state index in [1.165, 1.54) is 43.8 Å². The summed E-state index contributed by atoms with van der Waals surface area (Å²) in [5, 5.41) is 0.259. The average molecular weight is 380 g/mol. The van der Waals surface area contributed by atoms with Crippen LogP contribution in [-0.2, 0) is 10.0 Å². The van der Waals surface area contributed by atoms with Gasteiger partial charge in [0.15, 0.2) is 16.6 Å². The van der Waals surface area contributed by atoms with Crippen molar-refractivity contribution in [2.45, 2.75) is 4.90 Å². The number of benzene rings is 2. The molecule has 3 rings (SSSR count). The minimum atomic E-state index is -3.82. The molecule has 0 saturated carbocycles. The summed E-state index contributed by atoms with van der Waals surface area (Å²) in [6, 6.07) is 9.83. The summed E-state index contributed by atoms with van der Waals surface area (Å²) in [4.78, 5) is 4.37. The van der Waals surface area contributed by atoms with Crippen LogP contribution >= 0.6 is 11.3 Å². The Balaban J connectivity index is 1.96. The number of sulfonamides is 1. The second kappa shape index (κ2) is 6.77. The van der Waals surface area contributed by atoms with E-state index in [-0.39, 0.29) is 10.0 Å². The molecule has 0 amide bonds. The minimum Gasteiger partial charge on any atom is -0.494 e. The Labute approximate surface area is 149 Å². The first-order valence-electron chi connectivity index (χ1n) is 7.17. The second-order valence-electron chi connectivity index (χ2n) is 4.95. The Kier molecular flexibility index (Phi) is 4.69. The maximum atomic E-state index is 12.6. The Morgan fingerprint density at radius 3 is 2.36 bits per heavy atom. The molecule has 0 bridgehead atoms. The summed E-state index contributed by atoms with van der Waals surface area (Å²) in [5.74, 6) is 1.37. The molecule has 0 aliphatic carbocycles. The number of para-hydroxylation sites is 1. The first-order valence-corrected chi connectivity index (χ1v) is 9.47. The summed E-state index contributed by atoms with van der Waals surface area (Å²) in [7, 11) is 0.658. The van der Waals surface area contributed by atoms with E-state index in [9.17, 15) is 8.42 Å². The van der Waals surface area contributed by atoms with Crippen molar-refractivity contribution < 1.29 is 22.6 Å². The van der Waals surface area contributed by atoms with Crippen LogP contribution in [0.2, 0.25) is 0 Å². The molecule has 1 aromatic heterocycles. The van der Waals surface area contributed by atoms with Gasteiger partial charge in [0.25, 0.3) is 10.0 Å². The van der Waals surface area contributed by atoms with Gasteiger partial charge in [-0.05, 0) is 24.3 Å². The number of nitrogens with one attached hydrogen (secondary N) is 1. The van der Waals surface area contributed by atoms with E-state index in [4.69, 9.17) is 14.2 Å². The first kappa shape index (κ1) is 17.3. The van der Waals surface area contributed by atoms with Gasteiger partial charge in [0.05, 0.1) is 30.9 Å². The van der Waals surface area contributed by atoms with Gasteiger partial charge in [-0.2, -0.15) is 0 Å². The van der Waals surface area contributed by atoms with Crippen LogP contribution in [0.4, 0.5) is 5.13 Å². The van der Waals surface area contributed by atoms with E-state index in [0.717, 1.165) is 4.70 Å². The van der Waals surface area contributed by atoms with Gasteiger partial charge < -0.3 is 14.2 Å². The van der Waals surface area contributed by atoms with Crippen molar-refractivity contribution in [1.82, 2.24) is 4.98 Å². The van der Waals surface area contributed by atoms with Crippen LogP contribution in [0.3, 0.4) is 0 Å². The van der Waals surface area contributed by atoms with Crippen LogP contribution < -0.4 is 18.9 Å². The van der Waals surface area contributed by atoms with Gasteiger partial charge in [-0.15, -0.1) is 0 Å². The number of thiazole rings is 1. The molecule has 0 saturated heterocycles. The van der Waals surface area contributed by atoms with E-state index in [2.05, 4.69) is 9.71 Å². The van der Waals surface area contributed by atoms with Crippen LogP contribution in [0.15, 0.2) is 41.3 Å². The van der Waals surface area contributed by atoms with Crippen LogP contribution in [0.25, 0.3) is 10.2 Å². The lowest BCUT2D eigenvalue weighted by Gasteiger charge is -2.10. The van der Waals surface area contributed by atoms with Gasteiger partial charge in [-0.3, -0.25) is 4.72 Å². The molecular formula is C16H16N2O5S2. The van der Waals surface area contributed by atoms with Gasteiger partial charge >= 0.3 is 0 Å². The lowest BCUT2D eigenvalue weighted by molar-refractivity contribution is 0.354. The fourth-order valence-electron chi connectivity index (χ4n) is 2.29. The average Bonchev–Trinajstić information content (AvgIpc) is 3.02. The van der Waals surface area contributed by atoms with Crippen molar-refractivity contribution in [2.24, 2.45) is 0 Å². The molecule has 0 fully saturated rings. The lowest BCUT2D eigenvalue weighted by Crippen LogP contribution is -2.13. The molecule has 3 aromatic rings. The molecule has 0 aliphatic heterocycles. The van der Waals surface area contributed by atoms with Crippen molar-refractivity contribution in [1.29, 1.82) is 0 Å². The van der Waals surface area contributed by atoms with Crippen molar-refractivity contribution >= 4 is 36.7 Å². The first-order chi connectivity index (χ1) is 12.0. The predicted octanol–water partition coefficient (Wildman–Crippen LogP) is 3.12. The molecule has 0 radical (unpaired) electrons. The molecule has 0 atom stereocenters. The quantitative estimate of drug-likeness (QED) is 0.707. The van der Waals surface area contributed by atoms with E-state index < -0.39 is 10.0 Å². The Morgan fingerprint density at radius 2 is 1.68 bits per heavy atom. The Hall–Kier alpha value is -2.52. The largest absolute Gasteiger partial charge is 0.494 e. The van der Waals surface area contributed by atoms with Crippen molar-refractivity contribution in [3.05, 3.63) is 36.4 Å². The summed E-state index contributed by atoms with van der Waals surface area (Å²) in [6.45, 7) is 0. The van der Waals surface area contributed by atoms with Gasteiger partial charge in [-0.25, -0.2) is 13.4 Å². The molecule has 0 aliphatic rings. The minimum absolute atomic E-state index is 0.0522. The van der Waals surface area contributed by atoms with Gasteiger partial charge in [0, 0.05) is 6.07 Å². The molecule has 7 nitrogen and oxygen atoms in total. The summed E-state index contributed by atoms with van der Waals surface area (Å²) >= 11 is 1.23. The number of rotatable bonds is 6. The van der Waals surface area contributed by atoms with Crippen LogP contribution in [0.1, 0.15) is 0 Å². The maximum Gasteiger partial charge on any atom is 0.263 e. The SMILES string of the molecule is COc1ccc(S(=O)(=O)Nc2nc3c(OC)cccc3s2)cc1OC. The molecule has 2 aromatic carbocycles. The molecule has 0 spiro atoms. The highest BCUT2D eigenvalue weighted by atomic mass is 32.2. The van der Waals surface area contributed by atoms with Gasteiger partial charge in [0.2, 0.25) is 0 Å². The van der Waals surface area contributed by atoms with Gasteiger partial charge in [0.1, 0.15) is 11.3 Å². The number of aromatic nitrogens is 1. The van der Waals surface area contributed by atoms with Crippen LogP contribution in [0, 0.1) is 0 Å². The highest BCUT2D eigenvalue weighted by molar-refractivity contribution is 7.93. The lowest BCUT2D eigenvalue weighted by atomic mass is 10.3. The summed E-state index contributed by atoms with van der Waals surface area (Å²) in [5.41, 5.74) is 0.611. The van der Waals surface area contributed by atoms with E-state index in [1.807, 2.05) is 12.1 Å². The van der Waals surface area contributed by atoms with E-state index >= 15 is 0 Å². The number of methoxy groups -OCH3 is 3. The normalized spacial score (nSPS) is 11.3. The Morgan fingerprint density at radius 1 is 0.960 bits per heavy atom. The molecule has 1 N–H and O–H groups in total. The fraction of sp³-hybridized carbons (Fsp3) is 0.188. The van der Waals surface area contributed by atoms with E-state index in [0.29, 0.717) is 22.8 Å². The molecule has 25 heavy (non-hydrogen) atoms. The van der Waals surface area contributed by atoms with Crippen LogP contribution in [0.5, 0.6) is 17.2 Å². The zero-order valence-electron chi connectivity index (χ0n) is 13.8. The zero-order chi connectivity index (χ0) is 18.0. The molecule has 0 unspecified atom stereocenters. The number of anilines is 1. The number of ether oxygens (including phenoxy) is 3. The topological polar surface area (TPSA) is 86.8 Å². The molecule has 132 valence electrons. The highest BCUT2D eigenvalue weighted by Gasteiger charge is 2.19. The highest BCUT2D eigenvalue weighted by Crippen LogP contribution is 2.34. The predicted molar refractivity (Wildman–Crippen MR) is 96.5 cm³/mol. The standard InChI is InChI=1S/C16H16N2O5S2/c1-21-11-8-7-10(9-13(11)23-3)25(19,20)18-16-17-15-12(22-2)5-4-6-14(15)24-16/h4-9H,1-3H3,(H,17,18). The second-order valence-corrected chi connectivity index (χ2v) is 7.66. The zero-order valence-corrected chi connectivity index (χ0v) is 15.4. The van der Waals surface area contributed by atoms with Crippen molar-refractivity contribution in [3.63, 3.8) is 0 Å². The maximum absolute atomic E-state index is 12.6. The molecule has 9 heteroatoms.